The molecule has 0 radical (unpaired) electrons. The Morgan fingerprint density at radius 1 is 1.00 bits per heavy atom. The summed E-state index contributed by atoms with van der Waals surface area (Å²) in [5.74, 6) is 0.488. The van der Waals surface area contributed by atoms with Crippen molar-refractivity contribution in [3.8, 4) is 11.5 Å². The van der Waals surface area contributed by atoms with Gasteiger partial charge < -0.3 is 19.7 Å². The van der Waals surface area contributed by atoms with Crippen LogP contribution in [0.25, 0.3) is 0 Å². The highest BCUT2D eigenvalue weighted by Crippen LogP contribution is 2.38. The molecule has 3 aromatic carbocycles. The molecule has 0 aliphatic carbocycles. The minimum absolute atomic E-state index is 0.109. The van der Waals surface area contributed by atoms with Gasteiger partial charge in [-0.15, -0.1) is 0 Å². The van der Waals surface area contributed by atoms with Crippen LogP contribution in [0.3, 0.4) is 0 Å². The van der Waals surface area contributed by atoms with E-state index in [0.717, 1.165) is 11.1 Å². The van der Waals surface area contributed by atoms with Gasteiger partial charge in [-0.2, -0.15) is 0 Å². The molecule has 1 heterocycles. The van der Waals surface area contributed by atoms with E-state index >= 15 is 0 Å². The van der Waals surface area contributed by atoms with Crippen molar-refractivity contribution >= 4 is 29.1 Å². The Kier molecular flexibility index (Phi) is 6.84. The van der Waals surface area contributed by atoms with Crippen LogP contribution in [0, 0.1) is 0 Å². The van der Waals surface area contributed by atoms with Crippen molar-refractivity contribution in [1.82, 2.24) is 4.90 Å². The summed E-state index contributed by atoms with van der Waals surface area (Å²) in [6.45, 7) is 4.56. The van der Waals surface area contributed by atoms with Gasteiger partial charge in [0.2, 0.25) is 5.91 Å². The largest absolute Gasteiger partial charge is 0.490 e. The van der Waals surface area contributed by atoms with Crippen LogP contribution in [0.1, 0.15) is 41.4 Å². The quantitative estimate of drug-likeness (QED) is 0.536. The van der Waals surface area contributed by atoms with Crippen LogP contribution in [-0.4, -0.2) is 36.5 Å². The monoisotopic (exact) mass is 464 g/mol. The van der Waals surface area contributed by atoms with Crippen molar-refractivity contribution in [1.29, 1.82) is 0 Å². The number of nitrogens with zero attached hydrogens (tertiary/aromatic N) is 1. The first-order chi connectivity index (χ1) is 16.0. The minimum Gasteiger partial charge on any atom is -0.490 e. The third kappa shape index (κ3) is 4.81. The Morgan fingerprint density at radius 3 is 2.45 bits per heavy atom. The van der Waals surface area contributed by atoms with Gasteiger partial charge in [0.05, 0.1) is 19.3 Å². The lowest BCUT2D eigenvalue weighted by molar-refractivity contribution is -0.117. The van der Waals surface area contributed by atoms with Crippen LogP contribution in [0.15, 0.2) is 66.7 Å². The molecule has 1 N–H and O–H groups in total. The zero-order valence-electron chi connectivity index (χ0n) is 18.5. The van der Waals surface area contributed by atoms with Crippen molar-refractivity contribution in [3.63, 3.8) is 0 Å². The lowest BCUT2D eigenvalue weighted by atomic mass is 9.95. The standard InChI is InChI=1S/C26H25ClN2O4/c1-3-32-22-13-10-18(14-23(22)33-4-2)26(31)29-16-24(30)28-21-12-11-19(27)15-20(21)25(29)17-8-6-5-7-9-17/h5-15,25H,3-4,16H2,1-2H3,(H,28,30). The van der Waals surface area contributed by atoms with Crippen molar-refractivity contribution in [3.05, 3.63) is 88.4 Å². The number of amides is 2. The highest BCUT2D eigenvalue weighted by molar-refractivity contribution is 6.30. The smallest absolute Gasteiger partial charge is 0.255 e. The Hall–Kier alpha value is -3.51. The summed E-state index contributed by atoms with van der Waals surface area (Å²) < 4.78 is 11.3. The molecule has 0 aromatic heterocycles. The summed E-state index contributed by atoms with van der Waals surface area (Å²) in [5, 5.41) is 3.43. The predicted octanol–water partition coefficient (Wildman–Crippen LogP) is 5.32. The first-order valence-corrected chi connectivity index (χ1v) is 11.2. The van der Waals surface area contributed by atoms with E-state index in [9.17, 15) is 9.59 Å². The zero-order valence-corrected chi connectivity index (χ0v) is 19.3. The van der Waals surface area contributed by atoms with E-state index in [1.54, 1.807) is 41.3 Å². The van der Waals surface area contributed by atoms with Gasteiger partial charge in [-0.25, -0.2) is 0 Å². The van der Waals surface area contributed by atoms with Gasteiger partial charge in [0.15, 0.2) is 11.5 Å². The number of carbonyl (C=O) groups is 2. The number of hydrogen-bond donors (Lipinski definition) is 1. The molecule has 1 atom stereocenters. The number of carbonyl (C=O) groups excluding carboxylic acids is 2. The van der Waals surface area contributed by atoms with E-state index in [-0.39, 0.29) is 18.4 Å². The van der Waals surface area contributed by atoms with Crippen molar-refractivity contribution in [2.24, 2.45) is 0 Å². The fraction of sp³-hybridized carbons (Fsp3) is 0.231. The van der Waals surface area contributed by atoms with E-state index in [1.165, 1.54) is 0 Å². The van der Waals surface area contributed by atoms with Gasteiger partial charge in [0.25, 0.3) is 5.91 Å². The SMILES string of the molecule is CCOc1ccc(C(=O)N2CC(=O)Nc3ccc(Cl)cc3C2c2ccccc2)cc1OCC. The number of halogens is 1. The van der Waals surface area contributed by atoms with Gasteiger partial charge in [-0.3, -0.25) is 9.59 Å². The maximum Gasteiger partial charge on any atom is 0.255 e. The normalized spacial score (nSPS) is 15.3. The first kappa shape index (κ1) is 22.7. The third-order valence-corrected chi connectivity index (χ3v) is 5.61. The first-order valence-electron chi connectivity index (χ1n) is 10.9. The molecular formula is C26H25ClN2O4. The van der Waals surface area contributed by atoms with E-state index in [2.05, 4.69) is 5.32 Å². The number of anilines is 1. The number of fused-ring (bicyclic) bond motifs is 1. The molecule has 0 fully saturated rings. The molecule has 1 aliphatic heterocycles. The number of benzene rings is 3. The number of ether oxygens (including phenoxy) is 2. The Bertz CT molecular complexity index is 1170. The molecule has 1 unspecified atom stereocenters. The summed E-state index contributed by atoms with van der Waals surface area (Å²) in [7, 11) is 0. The Labute approximate surface area is 198 Å². The summed E-state index contributed by atoms with van der Waals surface area (Å²) in [5.41, 5.74) is 2.67. The van der Waals surface area contributed by atoms with Gasteiger partial charge in [-0.05, 0) is 55.8 Å². The number of hydrogen-bond acceptors (Lipinski definition) is 4. The molecular weight excluding hydrogens is 440 g/mol. The van der Waals surface area contributed by atoms with Gasteiger partial charge in [-0.1, -0.05) is 41.9 Å². The maximum atomic E-state index is 13.8. The number of nitrogens with one attached hydrogen (secondary N) is 1. The predicted molar refractivity (Wildman–Crippen MR) is 128 cm³/mol. The van der Waals surface area contributed by atoms with E-state index in [4.69, 9.17) is 21.1 Å². The molecule has 0 spiro atoms. The molecule has 6 nitrogen and oxygen atoms in total. The Morgan fingerprint density at radius 2 is 1.73 bits per heavy atom. The lowest BCUT2D eigenvalue weighted by Crippen LogP contribution is -2.39. The van der Waals surface area contributed by atoms with Crippen LogP contribution in [0.2, 0.25) is 5.02 Å². The van der Waals surface area contributed by atoms with E-state index in [0.29, 0.717) is 41.0 Å². The van der Waals surface area contributed by atoms with Crippen LogP contribution in [0.4, 0.5) is 5.69 Å². The van der Waals surface area contributed by atoms with Gasteiger partial charge in [0, 0.05) is 21.8 Å². The molecule has 1 aliphatic rings. The molecule has 7 heteroatoms. The maximum absolute atomic E-state index is 13.8. The second kappa shape index (κ2) is 9.96. The van der Waals surface area contributed by atoms with Crippen molar-refractivity contribution < 1.29 is 19.1 Å². The Balaban J connectivity index is 1.82. The lowest BCUT2D eigenvalue weighted by Gasteiger charge is -2.31. The molecule has 2 amide bonds. The number of rotatable bonds is 6. The summed E-state index contributed by atoms with van der Waals surface area (Å²) in [4.78, 5) is 28.2. The van der Waals surface area contributed by atoms with Crippen molar-refractivity contribution in [2.45, 2.75) is 19.9 Å². The molecule has 4 rings (SSSR count). The van der Waals surface area contributed by atoms with Crippen LogP contribution in [0.5, 0.6) is 11.5 Å². The summed E-state index contributed by atoms with van der Waals surface area (Å²) in [6, 6.07) is 19.5. The molecule has 0 bridgehead atoms. The highest BCUT2D eigenvalue weighted by Gasteiger charge is 2.34. The third-order valence-electron chi connectivity index (χ3n) is 5.37. The highest BCUT2D eigenvalue weighted by atomic mass is 35.5. The fourth-order valence-electron chi connectivity index (χ4n) is 4.01. The zero-order chi connectivity index (χ0) is 23.4. The molecule has 170 valence electrons. The van der Waals surface area contributed by atoms with Crippen LogP contribution in [-0.2, 0) is 4.79 Å². The minimum atomic E-state index is -0.506. The topological polar surface area (TPSA) is 67.9 Å². The molecule has 0 saturated carbocycles. The van der Waals surface area contributed by atoms with E-state index < -0.39 is 6.04 Å². The van der Waals surface area contributed by atoms with E-state index in [1.807, 2.05) is 44.2 Å². The van der Waals surface area contributed by atoms with Gasteiger partial charge >= 0.3 is 0 Å². The second-order valence-corrected chi connectivity index (χ2v) is 7.99. The average molecular weight is 465 g/mol. The van der Waals surface area contributed by atoms with Crippen LogP contribution < -0.4 is 14.8 Å². The van der Waals surface area contributed by atoms with Crippen LogP contribution >= 0.6 is 11.6 Å². The fourth-order valence-corrected chi connectivity index (χ4v) is 4.19. The summed E-state index contributed by atoms with van der Waals surface area (Å²) >= 11 is 6.32. The summed E-state index contributed by atoms with van der Waals surface area (Å²) in [6.07, 6.45) is 0. The molecule has 0 saturated heterocycles. The average Bonchev–Trinajstić information content (AvgIpc) is 2.96. The molecule has 33 heavy (non-hydrogen) atoms. The molecule has 3 aromatic rings. The van der Waals surface area contributed by atoms with Gasteiger partial charge in [0.1, 0.15) is 6.54 Å². The van der Waals surface area contributed by atoms with Crippen molar-refractivity contribution in [2.75, 3.05) is 25.1 Å². The second-order valence-electron chi connectivity index (χ2n) is 7.55.